The van der Waals surface area contributed by atoms with Crippen molar-refractivity contribution in [3.63, 3.8) is 0 Å². The van der Waals surface area contributed by atoms with Crippen molar-refractivity contribution in [2.24, 2.45) is 5.92 Å². The zero-order chi connectivity index (χ0) is 14.4. The molecule has 1 amide bonds. The highest BCUT2D eigenvalue weighted by atomic mass is 35.5. The van der Waals surface area contributed by atoms with Crippen LogP contribution in [0.2, 0.25) is 5.02 Å². The lowest BCUT2D eigenvalue weighted by Gasteiger charge is -2.29. The molecular weight excluding hydrogens is 274 g/mol. The molecule has 1 aliphatic heterocycles. The highest BCUT2D eigenvalue weighted by Gasteiger charge is 2.16. The summed E-state index contributed by atoms with van der Waals surface area (Å²) in [5, 5.41) is 6.70. The van der Waals surface area contributed by atoms with Gasteiger partial charge in [-0.15, -0.1) is 0 Å². The molecule has 20 heavy (non-hydrogen) atoms. The van der Waals surface area contributed by atoms with Gasteiger partial charge in [-0.05, 0) is 57.1 Å². The first-order valence-corrected chi connectivity index (χ1v) is 7.46. The minimum absolute atomic E-state index is 0.0311. The molecule has 1 unspecified atom stereocenters. The zero-order valence-electron chi connectivity index (χ0n) is 11.9. The summed E-state index contributed by atoms with van der Waals surface area (Å²) in [7, 11) is 2.15. The average molecular weight is 296 g/mol. The topological polar surface area (TPSA) is 44.4 Å². The highest BCUT2D eigenvalue weighted by Crippen LogP contribution is 2.15. The highest BCUT2D eigenvalue weighted by molar-refractivity contribution is 6.30. The van der Waals surface area contributed by atoms with Gasteiger partial charge >= 0.3 is 0 Å². The number of anilines is 1. The van der Waals surface area contributed by atoms with Crippen LogP contribution in [0.1, 0.15) is 12.8 Å². The molecule has 0 aliphatic carbocycles. The van der Waals surface area contributed by atoms with E-state index >= 15 is 0 Å². The number of piperidine rings is 1. The Kier molecular flexibility index (Phi) is 5.83. The Bertz CT molecular complexity index is 452. The van der Waals surface area contributed by atoms with Crippen LogP contribution >= 0.6 is 11.6 Å². The van der Waals surface area contributed by atoms with Crippen molar-refractivity contribution in [3.05, 3.63) is 29.3 Å². The van der Waals surface area contributed by atoms with Crippen molar-refractivity contribution in [3.8, 4) is 0 Å². The third-order valence-corrected chi connectivity index (χ3v) is 3.78. The third kappa shape index (κ3) is 5.12. The Labute approximate surface area is 125 Å². The monoisotopic (exact) mass is 295 g/mol. The molecule has 5 heteroatoms. The van der Waals surface area contributed by atoms with E-state index in [-0.39, 0.29) is 5.91 Å². The number of likely N-dealkylation sites (tertiary alicyclic amines) is 1. The van der Waals surface area contributed by atoms with Gasteiger partial charge in [0.15, 0.2) is 0 Å². The maximum Gasteiger partial charge on any atom is 0.238 e. The summed E-state index contributed by atoms with van der Waals surface area (Å²) < 4.78 is 0. The van der Waals surface area contributed by atoms with Crippen LogP contribution in [0.15, 0.2) is 24.3 Å². The predicted octanol–water partition coefficient (Wildman–Crippen LogP) is 2.21. The Morgan fingerprint density at radius 3 is 3.10 bits per heavy atom. The van der Waals surface area contributed by atoms with Crippen LogP contribution in [0.4, 0.5) is 5.69 Å². The van der Waals surface area contributed by atoms with Gasteiger partial charge in [0, 0.05) is 17.3 Å². The molecule has 0 bridgehead atoms. The third-order valence-electron chi connectivity index (χ3n) is 3.55. The fourth-order valence-corrected chi connectivity index (χ4v) is 2.79. The number of benzene rings is 1. The molecule has 1 atom stereocenters. The Hall–Kier alpha value is -1.10. The molecular formula is C15H22ClN3O. The molecule has 1 aliphatic rings. The molecule has 4 nitrogen and oxygen atoms in total. The molecule has 2 N–H and O–H groups in total. The van der Waals surface area contributed by atoms with Gasteiger partial charge in [-0.2, -0.15) is 0 Å². The van der Waals surface area contributed by atoms with Crippen LogP contribution in [0.5, 0.6) is 0 Å². The second-order valence-electron chi connectivity index (χ2n) is 5.46. The Morgan fingerprint density at radius 1 is 1.50 bits per heavy atom. The second-order valence-corrected chi connectivity index (χ2v) is 5.90. The van der Waals surface area contributed by atoms with Crippen molar-refractivity contribution < 1.29 is 4.79 Å². The van der Waals surface area contributed by atoms with Crippen molar-refractivity contribution >= 4 is 23.2 Å². The summed E-state index contributed by atoms with van der Waals surface area (Å²) in [6, 6.07) is 7.19. The minimum atomic E-state index is -0.0311. The number of hydrogen-bond acceptors (Lipinski definition) is 3. The van der Waals surface area contributed by atoms with E-state index < -0.39 is 0 Å². The lowest BCUT2D eigenvalue weighted by Crippen LogP contribution is -2.39. The fraction of sp³-hybridized carbons (Fsp3) is 0.533. The number of rotatable bonds is 5. The van der Waals surface area contributed by atoms with Crippen molar-refractivity contribution in [2.75, 3.05) is 38.5 Å². The Morgan fingerprint density at radius 2 is 2.35 bits per heavy atom. The van der Waals surface area contributed by atoms with E-state index in [2.05, 4.69) is 22.6 Å². The van der Waals surface area contributed by atoms with E-state index in [4.69, 9.17) is 11.6 Å². The summed E-state index contributed by atoms with van der Waals surface area (Å²) in [5.74, 6) is 0.615. The van der Waals surface area contributed by atoms with Crippen LogP contribution in [0, 0.1) is 5.92 Å². The van der Waals surface area contributed by atoms with Gasteiger partial charge in [-0.1, -0.05) is 17.7 Å². The maximum absolute atomic E-state index is 11.8. The predicted molar refractivity (Wildman–Crippen MR) is 83.2 cm³/mol. The van der Waals surface area contributed by atoms with Crippen LogP contribution < -0.4 is 10.6 Å². The summed E-state index contributed by atoms with van der Waals surface area (Å²) in [4.78, 5) is 14.2. The molecule has 1 saturated heterocycles. The number of carbonyl (C=O) groups excluding carboxylic acids is 1. The number of nitrogens with zero attached hydrogens (tertiary/aromatic N) is 1. The van der Waals surface area contributed by atoms with Gasteiger partial charge in [0.2, 0.25) is 5.91 Å². The van der Waals surface area contributed by atoms with Crippen LogP contribution in [0.25, 0.3) is 0 Å². The summed E-state index contributed by atoms with van der Waals surface area (Å²) >= 11 is 5.88. The number of carbonyl (C=O) groups is 1. The lowest BCUT2D eigenvalue weighted by molar-refractivity contribution is -0.115. The first kappa shape index (κ1) is 15.3. The van der Waals surface area contributed by atoms with Crippen LogP contribution in [-0.4, -0.2) is 44.0 Å². The zero-order valence-corrected chi connectivity index (χ0v) is 12.6. The SMILES string of the molecule is CN1CCCC(CNCC(=O)Nc2cccc(Cl)c2)C1. The molecule has 1 fully saturated rings. The van der Waals surface area contributed by atoms with Gasteiger partial charge in [0.05, 0.1) is 6.54 Å². The van der Waals surface area contributed by atoms with E-state index in [0.717, 1.165) is 18.8 Å². The van der Waals surface area contributed by atoms with Gasteiger partial charge in [0.1, 0.15) is 0 Å². The van der Waals surface area contributed by atoms with Crippen molar-refractivity contribution in [2.45, 2.75) is 12.8 Å². The summed E-state index contributed by atoms with van der Waals surface area (Å²) in [6.07, 6.45) is 2.49. The quantitative estimate of drug-likeness (QED) is 0.875. The molecule has 0 saturated carbocycles. The molecule has 2 rings (SSSR count). The van der Waals surface area contributed by atoms with Crippen LogP contribution in [0.3, 0.4) is 0 Å². The number of halogens is 1. The first-order chi connectivity index (χ1) is 9.63. The molecule has 0 spiro atoms. The molecule has 0 aromatic heterocycles. The van der Waals surface area contributed by atoms with E-state index in [1.54, 1.807) is 12.1 Å². The maximum atomic E-state index is 11.8. The van der Waals surface area contributed by atoms with E-state index in [0.29, 0.717) is 17.5 Å². The smallest absolute Gasteiger partial charge is 0.238 e. The van der Waals surface area contributed by atoms with E-state index in [9.17, 15) is 4.79 Å². The normalized spacial score (nSPS) is 19.8. The lowest BCUT2D eigenvalue weighted by atomic mass is 9.98. The summed E-state index contributed by atoms with van der Waals surface area (Å²) in [5.41, 5.74) is 0.738. The van der Waals surface area contributed by atoms with Gasteiger partial charge in [-0.25, -0.2) is 0 Å². The fourth-order valence-electron chi connectivity index (χ4n) is 2.60. The first-order valence-electron chi connectivity index (χ1n) is 7.08. The number of amides is 1. The van der Waals surface area contributed by atoms with Crippen molar-refractivity contribution in [1.29, 1.82) is 0 Å². The standard InChI is InChI=1S/C15H22ClN3O/c1-19-7-3-4-12(11-19)9-17-10-15(20)18-14-6-2-5-13(16)8-14/h2,5-6,8,12,17H,3-4,7,9-11H2,1H3,(H,18,20). The number of hydrogen-bond donors (Lipinski definition) is 2. The van der Waals surface area contributed by atoms with Gasteiger partial charge in [0.25, 0.3) is 0 Å². The Balaban J connectivity index is 1.67. The average Bonchev–Trinajstić information content (AvgIpc) is 2.38. The molecule has 1 heterocycles. The molecule has 110 valence electrons. The van der Waals surface area contributed by atoms with E-state index in [1.807, 2.05) is 12.1 Å². The van der Waals surface area contributed by atoms with E-state index in [1.165, 1.54) is 19.4 Å². The van der Waals surface area contributed by atoms with Gasteiger partial charge in [-0.3, -0.25) is 4.79 Å². The van der Waals surface area contributed by atoms with Crippen LogP contribution in [-0.2, 0) is 4.79 Å². The largest absolute Gasteiger partial charge is 0.325 e. The second kappa shape index (κ2) is 7.62. The molecule has 0 radical (unpaired) electrons. The molecule has 1 aromatic rings. The molecule has 1 aromatic carbocycles. The minimum Gasteiger partial charge on any atom is -0.325 e. The number of nitrogens with one attached hydrogen (secondary N) is 2. The van der Waals surface area contributed by atoms with Gasteiger partial charge < -0.3 is 15.5 Å². The summed E-state index contributed by atoms with van der Waals surface area (Å²) in [6.45, 7) is 3.54. The van der Waals surface area contributed by atoms with Crippen molar-refractivity contribution in [1.82, 2.24) is 10.2 Å².